The zero-order valence-electron chi connectivity index (χ0n) is 12.0. The molecule has 1 fully saturated rings. The molecule has 1 heterocycles. The molecule has 1 aromatic rings. The molecule has 104 valence electrons. The molecule has 19 heavy (non-hydrogen) atoms. The monoisotopic (exact) mass is 260 g/mol. The van der Waals surface area contributed by atoms with Gasteiger partial charge in [-0.1, -0.05) is 6.42 Å². The van der Waals surface area contributed by atoms with Crippen molar-refractivity contribution in [1.29, 1.82) is 0 Å². The fourth-order valence-corrected chi connectivity index (χ4v) is 3.06. The van der Waals surface area contributed by atoms with Crippen molar-refractivity contribution in [2.75, 3.05) is 14.1 Å². The lowest BCUT2D eigenvalue weighted by atomic mass is 9.99. The number of hydrogen-bond acceptors (Lipinski definition) is 3. The van der Waals surface area contributed by atoms with Crippen LogP contribution in [0.25, 0.3) is 0 Å². The van der Waals surface area contributed by atoms with Crippen molar-refractivity contribution in [1.82, 2.24) is 9.88 Å². The third-order valence-corrected chi connectivity index (χ3v) is 4.27. The van der Waals surface area contributed by atoms with Gasteiger partial charge in [-0.3, -0.25) is 9.78 Å². The molecule has 0 radical (unpaired) electrons. The lowest BCUT2D eigenvalue weighted by Gasteiger charge is -2.18. The second-order valence-electron chi connectivity index (χ2n) is 5.89. The molecule has 0 amide bonds. The molecular weight excluding hydrogens is 236 g/mol. The van der Waals surface area contributed by atoms with Gasteiger partial charge in [-0.05, 0) is 64.3 Å². The minimum Gasteiger partial charge on any atom is -0.306 e. The van der Waals surface area contributed by atoms with E-state index in [4.69, 9.17) is 0 Å². The van der Waals surface area contributed by atoms with E-state index in [0.717, 1.165) is 35.9 Å². The lowest BCUT2D eigenvalue weighted by molar-refractivity contribution is 0.112. The normalized spacial score (nSPS) is 22.9. The molecule has 2 unspecified atom stereocenters. The van der Waals surface area contributed by atoms with Gasteiger partial charge in [0.15, 0.2) is 0 Å². The van der Waals surface area contributed by atoms with Crippen LogP contribution in [0.4, 0.5) is 0 Å². The van der Waals surface area contributed by atoms with Gasteiger partial charge in [-0.2, -0.15) is 0 Å². The number of aromatic nitrogens is 1. The van der Waals surface area contributed by atoms with Crippen molar-refractivity contribution < 1.29 is 4.79 Å². The highest BCUT2D eigenvalue weighted by Gasteiger charge is 2.25. The van der Waals surface area contributed by atoms with Gasteiger partial charge in [0, 0.05) is 23.5 Å². The first-order chi connectivity index (χ1) is 9.19. The SMILES string of the molecule is CN(C)C1CCC(CCCc2cc(C=O)ccn2)C1. The topological polar surface area (TPSA) is 33.2 Å². The van der Waals surface area contributed by atoms with Crippen LogP contribution in [0.15, 0.2) is 18.3 Å². The molecule has 1 aliphatic rings. The molecule has 0 aliphatic heterocycles. The van der Waals surface area contributed by atoms with Gasteiger partial charge < -0.3 is 4.90 Å². The number of carbonyl (C=O) groups excluding carboxylic acids is 1. The molecule has 0 saturated heterocycles. The van der Waals surface area contributed by atoms with Crippen molar-refractivity contribution >= 4 is 6.29 Å². The maximum atomic E-state index is 10.7. The highest BCUT2D eigenvalue weighted by Crippen LogP contribution is 2.31. The summed E-state index contributed by atoms with van der Waals surface area (Å²) in [5, 5.41) is 0. The van der Waals surface area contributed by atoms with Gasteiger partial charge in [-0.15, -0.1) is 0 Å². The Morgan fingerprint density at radius 1 is 1.42 bits per heavy atom. The van der Waals surface area contributed by atoms with Crippen molar-refractivity contribution in [3.63, 3.8) is 0 Å². The average Bonchev–Trinajstić information content (AvgIpc) is 2.88. The molecule has 1 aromatic heterocycles. The van der Waals surface area contributed by atoms with Crippen molar-refractivity contribution in [2.45, 2.75) is 44.6 Å². The Labute approximate surface area is 116 Å². The average molecular weight is 260 g/mol. The fourth-order valence-electron chi connectivity index (χ4n) is 3.06. The number of carbonyl (C=O) groups is 1. The summed E-state index contributed by atoms with van der Waals surface area (Å²) in [7, 11) is 4.36. The maximum absolute atomic E-state index is 10.7. The Balaban J connectivity index is 1.73. The van der Waals surface area contributed by atoms with Gasteiger partial charge in [0.1, 0.15) is 6.29 Å². The van der Waals surface area contributed by atoms with E-state index in [0.29, 0.717) is 0 Å². The van der Waals surface area contributed by atoms with E-state index < -0.39 is 0 Å². The van der Waals surface area contributed by atoms with E-state index in [9.17, 15) is 4.79 Å². The van der Waals surface area contributed by atoms with Gasteiger partial charge >= 0.3 is 0 Å². The molecule has 0 N–H and O–H groups in total. The molecule has 3 nitrogen and oxygen atoms in total. The zero-order chi connectivity index (χ0) is 13.7. The summed E-state index contributed by atoms with van der Waals surface area (Å²) in [4.78, 5) is 17.4. The van der Waals surface area contributed by atoms with Crippen molar-refractivity contribution in [3.8, 4) is 0 Å². The fraction of sp³-hybridized carbons (Fsp3) is 0.625. The highest BCUT2D eigenvalue weighted by atomic mass is 16.1. The number of hydrogen-bond donors (Lipinski definition) is 0. The van der Waals surface area contributed by atoms with Crippen molar-refractivity contribution in [3.05, 3.63) is 29.6 Å². The molecular formula is C16H24N2O. The predicted molar refractivity (Wildman–Crippen MR) is 77.4 cm³/mol. The summed E-state index contributed by atoms with van der Waals surface area (Å²) < 4.78 is 0. The molecule has 0 spiro atoms. The number of aryl methyl sites for hydroxylation is 1. The zero-order valence-corrected chi connectivity index (χ0v) is 12.0. The molecule has 2 rings (SSSR count). The second-order valence-corrected chi connectivity index (χ2v) is 5.89. The van der Waals surface area contributed by atoms with E-state index >= 15 is 0 Å². The first-order valence-corrected chi connectivity index (χ1v) is 7.25. The third kappa shape index (κ3) is 4.13. The van der Waals surface area contributed by atoms with Crippen LogP contribution in [-0.2, 0) is 6.42 Å². The van der Waals surface area contributed by atoms with Crippen molar-refractivity contribution in [2.24, 2.45) is 5.92 Å². The van der Waals surface area contributed by atoms with Crippen LogP contribution in [0, 0.1) is 5.92 Å². The van der Waals surface area contributed by atoms with Crippen LogP contribution in [0.1, 0.15) is 48.2 Å². The largest absolute Gasteiger partial charge is 0.306 e. The molecule has 3 heteroatoms. The Morgan fingerprint density at radius 3 is 2.95 bits per heavy atom. The summed E-state index contributed by atoms with van der Waals surface area (Å²) >= 11 is 0. The van der Waals surface area contributed by atoms with E-state index in [2.05, 4.69) is 24.0 Å². The summed E-state index contributed by atoms with van der Waals surface area (Å²) in [5.74, 6) is 0.877. The first-order valence-electron chi connectivity index (χ1n) is 7.25. The Bertz CT molecular complexity index is 417. The summed E-state index contributed by atoms with van der Waals surface area (Å²) in [6, 6.07) is 4.45. The number of aldehydes is 1. The Kier molecular flexibility index (Phi) is 5.08. The van der Waals surface area contributed by atoms with E-state index in [1.807, 2.05) is 6.07 Å². The predicted octanol–water partition coefficient (Wildman–Crippen LogP) is 2.95. The second kappa shape index (κ2) is 6.80. The number of nitrogens with zero attached hydrogens (tertiary/aromatic N) is 2. The number of rotatable bonds is 6. The van der Waals surface area contributed by atoms with Gasteiger partial charge in [0.05, 0.1) is 0 Å². The van der Waals surface area contributed by atoms with E-state index in [1.165, 1.54) is 32.1 Å². The van der Waals surface area contributed by atoms with Crippen LogP contribution in [0.5, 0.6) is 0 Å². The summed E-state index contributed by atoms with van der Waals surface area (Å²) in [6.07, 6.45) is 10.1. The Hall–Kier alpha value is -1.22. The molecule has 1 saturated carbocycles. The van der Waals surface area contributed by atoms with Gasteiger partial charge in [-0.25, -0.2) is 0 Å². The maximum Gasteiger partial charge on any atom is 0.150 e. The summed E-state index contributed by atoms with van der Waals surface area (Å²) in [5.41, 5.74) is 1.78. The van der Waals surface area contributed by atoms with Gasteiger partial charge in [0.25, 0.3) is 0 Å². The molecule has 0 aromatic carbocycles. The summed E-state index contributed by atoms with van der Waals surface area (Å²) in [6.45, 7) is 0. The van der Waals surface area contributed by atoms with Crippen LogP contribution in [-0.4, -0.2) is 36.3 Å². The number of pyridine rings is 1. The molecule has 2 atom stereocenters. The minimum atomic E-state index is 0.735. The highest BCUT2D eigenvalue weighted by molar-refractivity contribution is 5.74. The van der Waals surface area contributed by atoms with Crippen LogP contribution >= 0.6 is 0 Å². The van der Waals surface area contributed by atoms with Crippen LogP contribution < -0.4 is 0 Å². The lowest BCUT2D eigenvalue weighted by Crippen LogP contribution is -2.24. The Morgan fingerprint density at radius 2 is 2.26 bits per heavy atom. The van der Waals surface area contributed by atoms with Crippen LogP contribution in [0.2, 0.25) is 0 Å². The third-order valence-electron chi connectivity index (χ3n) is 4.27. The smallest absolute Gasteiger partial charge is 0.150 e. The van der Waals surface area contributed by atoms with Crippen LogP contribution in [0.3, 0.4) is 0 Å². The molecule has 0 bridgehead atoms. The van der Waals surface area contributed by atoms with E-state index in [1.54, 1.807) is 12.3 Å². The quantitative estimate of drug-likeness (QED) is 0.737. The standard InChI is InChI=1S/C16H24N2O/c1-18(2)16-7-6-13(11-16)4-3-5-15-10-14(12-19)8-9-17-15/h8-10,12-13,16H,3-7,11H2,1-2H3. The minimum absolute atomic E-state index is 0.735. The van der Waals surface area contributed by atoms with Gasteiger partial charge in [0.2, 0.25) is 0 Å². The first kappa shape index (κ1) is 14.2. The van der Waals surface area contributed by atoms with E-state index in [-0.39, 0.29) is 0 Å². The molecule has 1 aliphatic carbocycles.